The van der Waals surface area contributed by atoms with Crippen molar-refractivity contribution in [2.45, 2.75) is 32.1 Å². The molecule has 0 aliphatic carbocycles. The topological polar surface area (TPSA) is 60.2 Å². The maximum absolute atomic E-state index is 5.29. The van der Waals surface area contributed by atoms with Gasteiger partial charge in [0, 0.05) is 32.6 Å². The van der Waals surface area contributed by atoms with Gasteiger partial charge in [0.15, 0.2) is 5.82 Å². The summed E-state index contributed by atoms with van der Waals surface area (Å²) in [6.45, 7) is 4.91. The zero-order chi connectivity index (χ0) is 12.1. The van der Waals surface area contributed by atoms with Crippen LogP contribution in [0.25, 0.3) is 0 Å². The van der Waals surface area contributed by atoms with E-state index in [0.29, 0.717) is 11.8 Å². The Kier molecular flexibility index (Phi) is 4.50. The molecule has 0 amide bonds. The third kappa shape index (κ3) is 3.51. The van der Waals surface area contributed by atoms with E-state index in [-0.39, 0.29) is 0 Å². The van der Waals surface area contributed by atoms with Crippen molar-refractivity contribution in [1.82, 2.24) is 15.5 Å². The highest BCUT2D eigenvalue weighted by molar-refractivity contribution is 4.98. The molecule has 96 valence electrons. The molecule has 0 spiro atoms. The summed E-state index contributed by atoms with van der Waals surface area (Å²) in [6, 6.07) is 0. The van der Waals surface area contributed by atoms with Crippen molar-refractivity contribution in [3.63, 3.8) is 0 Å². The number of rotatable bonds is 5. The Morgan fingerprint density at radius 2 is 2.47 bits per heavy atom. The van der Waals surface area contributed by atoms with Gasteiger partial charge in [0.05, 0.1) is 0 Å². The van der Waals surface area contributed by atoms with Gasteiger partial charge in [0.2, 0.25) is 5.89 Å². The van der Waals surface area contributed by atoms with Gasteiger partial charge in [0.25, 0.3) is 0 Å². The molecule has 2 rings (SSSR count). The second kappa shape index (κ2) is 6.12. The zero-order valence-electron chi connectivity index (χ0n) is 10.6. The molecule has 2 heterocycles. The van der Waals surface area contributed by atoms with Gasteiger partial charge in [-0.2, -0.15) is 4.98 Å². The molecule has 1 saturated heterocycles. The van der Waals surface area contributed by atoms with Crippen molar-refractivity contribution >= 4 is 0 Å². The van der Waals surface area contributed by atoms with Crippen LogP contribution in [0.2, 0.25) is 0 Å². The molecule has 17 heavy (non-hydrogen) atoms. The highest BCUT2D eigenvalue weighted by Gasteiger charge is 2.21. The Morgan fingerprint density at radius 1 is 1.59 bits per heavy atom. The standard InChI is InChI=1S/C12H21N3O2/c1-9(8-16-2)6-11-14-12(15-17-11)10-4-3-5-13-7-10/h9-10,13H,3-8H2,1-2H3. The highest BCUT2D eigenvalue weighted by atomic mass is 16.5. The number of aromatic nitrogens is 2. The van der Waals surface area contributed by atoms with E-state index in [4.69, 9.17) is 9.26 Å². The fourth-order valence-corrected chi connectivity index (χ4v) is 2.23. The largest absolute Gasteiger partial charge is 0.384 e. The molecule has 2 atom stereocenters. The molecule has 5 nitrogen and oxygen atoms in total. The van der Waals surface area contributed by atoms with Crippen LogP contribution in [0.4, 0.5) is 0 Å². The summed E-state index contributed by atoms with van der Waals surface area (Å²) in [6.07, 6.45) is 3.13. The van der Waals surface area contributed by atoms with Crippen LogP contribution < -0.4 is 5.32 Å². The van der Waals surface area contributed by atoms with E-state index in [1.165, 1.54) is 6.42 Å². The fraction of sp³-hybridized carbons (Fsp3) is 0.833. The normalized spacial score (nSPS) is 22.6. The molecular formula is C12H21N3O2. The molecule has 0 saturated carbocycles. The van der Waals surface area contributed by atoms with Crippen LogP contribution in [-0.2, 0) is 11.2 Å². The third-order valence-corrected chi connectivity index (χ3v) is 3.12. The van der Waals surface area contributed by atoms with Crippen molar-refractivity contribution in [3.05, 3.63) is 11.7 Å². The van der Waals surface area contributed by atoms with Gasteiger partial charge in [-0.05, 0) is 25.3 Å². The molecule has 1 aliphatic heterocycles. The first kappa shape index (κ1) is 12.5. The predicted octanol–water partition coefficient (Wildman–Crippen LogP) is 1.36. The van der Waals surface area contributed by atoms with Crippen molar-refractivity contribution in [2.75, 3.05) is 26.8 Å². The molecule has 2 unspecified atom stereocenters. The Bertz CT molecular complexity index is 334. The molecule has 0 radical (unpaired) electrons. The molecule has 0 aromatic carbocycles. The van der Waals surface area contributed by atoms with Crippen LogP contribution in [0, 0.1) is 5.92 Å². The van der Waals surface area contributed by atoms with E-state index in [2.05, 4.69) is 22.4 Å². The summed E-state index contributed by atoms with van der Waals surface area (Å²) in [7, 11) is 1.71. The van der Waals surface area contributed by atoms with Crippen LogP contribution in [0.15, 0.2) is 4.52 Å². The number of hydrogen-bond acceptors (Lipinski definition) is 5. The van der Waals surface area contributed by atoms with Gasteiger partial charge < -0.3 is 14.6 Å². The third-order valence-electron chi connectivity index (χ3n) is 3.12. The highest BCUT2D eigenvalue weighted by Crippen LogP contribution is 2.20. The average Bonchev–Trinajstić information content (AvgIpc) is 2.79. The maximum Gasteiger partial charge on any atom is 0.227 e. The van der Waals surface area contributed by atoms with E-state index < -0.39 is 0 Å². The quantitative estimate of drug-likeness (QED) is 0.840. The Labute approximate surface area is 102 Å². The molecule has 1 fully saturated rings. The summed E-state index contributed by atoms with van der Waals surface area (Å²) >= 11 is 0. The Balaban J connectivity index is 1.90. The van der Waals surface area contributed by atoms with Gasteiger partial charge in [0.1, 0.15) is 0 Å². The summed E-state index contributed by atoms with van der Waals surface area (Å²) in [5, 5.41) is 7.45. The van der Waals surface area contributed by atoms with Crippen molar-refractivity contribution in [1.29, 1.82) is 0 Å². The number of methoxy groups -OCH3 is 1. The first-order valence-electron chi connectivity index (χ1n) is 6.31. The average molecular weight is 239 g/mol. The van der Waals surface area contributed by atoms with E-state index in [1.54, 1.807) is 7.11 Å². The van der Waals surface area contributed by atoms with Gasteiger partial charge in [-0.1, -0.05) is 12.1 Å². The molecule has 5 heteroatoms. The summed E-state index contributed by atoms with van der Waals surface area (Å²) in [5.41, 5.74) is 0. The maximum atomic E-state index is 5.29. The summed E-state index contributed by atoms with van der Waals surface area (Å²) in [5.74, 6) is 2.42. The molecule has 1 aromatic heterocycles. The first-order chi connectivity index (χ1) is 8.29. The second-order valence-corrected chi connectivity index (χ2v) is 4.85. The van der Waals surface area contributed by atoms with Gasteiger partial charge >= 0.3 is 0 Å². The van der Waals surface area contributed by atoms with E-state index in [9.17, 15) is 0 Å². The fourth-order valence-electron chi connectivity index (χ4n) is 2.23. The molecule has 1 aliphatic rings. The summed E-state index contributed by atoms with van der Waals surface area (Å²) < 4.78 is 10.4. The van der Waals surface area contributed by atoms with E-state index >= 15 is 0 Å². The Morgan fingerprint density at radius 3 is 3.18 bits per heavy atom. The van der Waals surface area contributed by atoms with Crippen molar-refractivity contribution < 1.29 is 9.26 Å². The van der Waals surface area contributed by atoms with Gasteiger partial charge in [-0.3, -0.25) is 0 Å². The molecule has 1 N–H and O–H groups in total. The minimum atomic E-state index is 0.415. The monoisotopic (exact) mass is 239 g/mol. The van der Waals surface area contributed by atoms with Crippen LogP contribution in [0.5, 0.6) is 0 Å². The number of nitrogens with one attached hydrogen (secondary N) is 1. The molecule has 1 aromatic rings. The minimum Gasteiger partial charge on any atom is -0.384 e. The lowest BCUT2D eigenvalue weighted by atomic mass is 9.99. The van der Waals surface area contributed by atoms with Crippen LogP contribution >= 0.6 is 0 Å². The zero-order valence-corrected chi connectivity index (χ0v) is 10.6. The number of nitrogens with zero attached hydrogens (tertiary/aromatic N) is 2. The van der Waals surface area contributed by atoms with E-state index in [0.717, 1.165) is 44.3 Å². The van der Waals surface area contributed by atoms with E-state index in [1.807, 2.05) is 0 Å². The predicted molar refractivity (Wildman–Crippen MR) is 63.9 cm³/mol. The van der Waals surface area contributed by atoms with Crippen molar-refractivity contribution in [3.8, 4) is 0 Å². The first-order valence-corrected chi connectivity index (χ1v) is 6.31. The number of hydrogen-bond donors (Lipinski definition) is 1. The smallest absolute Gasteiger partial charge is 0.227 e. The van der Waals surface area contributed by atoms with Crippen LogP contribution in [0.3, 0.4) is 0 Å². The van der Waals surface area contributed by atoms with Gasteiger partial charge in [-0.15, -0.1) is 0 Å². The van der Waals surface area contributed by atoms with Crippen LogP contribution in [0.1, 0.15) is 37.4 Å². The summed E-state index contributed by atoms with van der Waals surface area (Å²) in [4.78, 5) is 4.48. The van der Waals surface area contributed by atoms with Crippen LogP contribution in [-0.4, -0.2) is 36.9 Å². The molecular weight excluding hydrogens is 218 g/mol. The van der Waals surface area contributed by atoms with Crippen molar-refractivity contribution in [2.24, 2.45) is 5.92 Å². The number of ether oxygens (including phenoxy) is 1. The lowest BCUT2D eigenvalue weighted by molar-refractivity contribution is 0.155. The molecule has 0 bridgehead atoms. The Hall–Kier alpha value is -0.940. The second-order valence-electron chi connectivity index (χ2n) is 4.85. The van der Waals surface area contributed by atoms with Gasteiger partial charge in [-0.25, -0.2) is 0 Å². The lowest BCUT2D eigenvalue weighted by Crippen LogP contribution is -2.28. The minimum absolute atomic E-state index is 0.415. The number of piperidine rings is 1. The lowest BCUT2D eigenvalue weighted by Gasteiger charge is -2.19. The SMILES string of the molecule is COCC(C)Cc1nc(C2CCCNC2)no1.